The molecule has 252 valence electrons. The van der Waals surface area contributed by atoms with Gasteiger partial charge in [-0.1, -0.05) is 133 Å². The summed E-state index contributed by atoms with van der Waals surface area (Å²) in [4.78, 5) is 20.1. The van der Waals surface area contributed by atoms with Crippen LogP contribution in [0.5, 0.6) is 0 Å². The minimum absolute atomic E-state index is 0.599. The lowest BCUT2D eigenvalue weighted by molar-refractivity contribution is 0.655. The number of benzene rings is 7. The first-order valence-corrected chi connectivity index (χ1v) is 18.0. The predicted octanol–water partition coefficient (Wildman–Crippen LogP) is 12.1. The van der Waals surface area contributed by atoms with Gasteiger partial charge >= 0.3 is 0 Å². The zero-order valence-electron chi connectivity index (χ0n) is 28.9. The number of para-hydroxylation sites is 3. The van der Waals surface area contributed by atoms with Crippen molar-refractivity contribution >= 4 is 54.6 Å². The first-order chi connectivity index (χ1) is 26.8. The summed E-state index contributed by atoms with van der Waals surface area (Å²) in [5.41, 5.74) is 9.45. The standard InChI is InChI=1S/C48H29N5O/c1-2-12-31(13-3-1)45-50-46(52-47(51-45)33-26-28-34(29-27-33)53-40-19-9-6-14-35(40)36-15-7-10-20-41(36)53)32-24-22-30(23-25-32)44-38-17-5-4-16-37(38)43-39-18-8-11-21-42(39)54-48(43)49-44/h1-29H. The molecule has 0 aliphatic carbocycles. The van der Waals surface area contributed by atoms with Crippen molar-refractivity contribution < 1.29 is 4.42 Å². The highest BCUT2D eigenvalue weighted by Crippen LogP contribution is 2.38. The summed E-state index contributed by atoms with van der Waals surface area (Å²) in [6, 6.07) is 60.5. The Balaban J connectivity index is 1.01. The van der Waals surface area contributed by atoms with Crippen molar-refractivity contribution in [1.82, 2.24) is 24.5 Å². The van der Waals surface area contributed by atoms with E-state index in [2.05, 4.69) is 132 Å². The van der Waals surface area contributed by atoms with Gasteiger partial charge in [0.05, 0.1) is 22.1 Å². The van der Waals surface area contributed by atoms with Crippen LogP contribution < -0.4 is 0 Å². The second-order valence-electron chi connectivity index (χ2n) is 13.5. The van der Waals surface area contributed by atoms with E-state index >= 15 is 0 Å². The van der Waals surface area contributed by atoms with Gasteiger partial charge in [-0.2, -0.15) is 0 Å². The van der Waals surface area contributed by atoms with Crippen molar-refractivity contribution in [3.8, 4) is 51.1 Å². The Morgan fingerprint density at radius 1 is 0.352 bits per heavy atom. The summed E-state index contributed by atoms with van der Waals surface area (Å²) in [6.07, 6.45) is 0. The van der Waals surface area contributed by atoms with Gasteiger partial charge in [-0.3, -0.25) is 0 Å². The van der Waals surface area contributed by atoms with Crippen LogP contribution in [0.1, 0.15) is 0 Å². The summed E-state index contributed by atoms with van der Waals surface area (Å²) in [5.74, 6) is 1.83. The van der Waals surface area contributed by atoms with E-state index in [9.17, 15) is 0 Å². The molecule has 0 amide bonds. The average molecular weight is 692 g/mol. The number of fused-ring (bicyclic) bond motifs is 8. The quantitative estimate of drug-likeness (QED) is 0.180. The van der Waals surface area contributed by atoms with Gasteiger partial charge in [0.25, 0.3) is 0 Å². The predicted molar refractivity (Wildman–Crippen MR) is 218 cm³/mol. The highest BCUT2D eigenvalue weighted by Gasteiger charge is 2.18. The topological polar surface area (TPSA) is 69.6 Å². The normalized spacial score (nSPS) is 11.7. The third kappa shape index (κ3) is 4.81. The van der Waals surface area contributed by atoms with Gasteiger partial charge in [-0.15, -0.1) is 0 Å². The fraction of sp³-hybridized carbons (Fsp3) is 0. The van der Waals surface area contributed by atoms with Crippen molar-refractivity contribution in [2.24, 2.45) is 0 Å². The maximum Gasteiger partial charge on any atom is 0.228 e. The number of hydrogen-bond donors (Lipinski definition) is 0. The molecule has 0 unspecified atom stereocenters. The van der Waals surface area contributed by atoms with E-state index in [0.717, 1.165) is 60.8 Å². The number of furan rings is 1. The lowest BCUT2D eigenvalue weighted by Crippen LogP contribution is -2.00. The first-order valence-electron chi connectivity index (χ1n) is 18.0. The van der Waals surface area contributed by atoms with E-state index in [1.54, 1.807) is 0 Å². The Kier molecular flexibility index (Phi) is 6.75. The van der Waals surface area contributed by atoms with Gasteiger partial charge in [-0.25, -0.2) is 19.9 Å². The summed E-state index contributed by atoms with van der Waals surface area (Å²) in [5, 5.41) is 6.76. The van der Waals surface area contributed by atoms with Crippen LogP contribution in [0.2, 0.25) is 0 Å². The van der Waals surface area contributed by atoms with Gasteiger partial charge in [-0.05, 0) is 47.9 Å². The minimum atomic E-state index is 0.599. The van der Waals surface area contributed by atoms with Crippen LogP contribution in [0.25, 0.3) is 106 Å². The van der Waals surface area contributed by atoms with Gasteiger partial charge < -0.3 is 8.98 Å². The third-order valence-electron chi connectivity index (χ3n) is 10.3. The minimum Gasteiger partial charge on any atom is -0.438 e. The Hall–Kier alpha value is -7.44. The molecule has 4 heterocycles. The van der Waals surface area contributed by atoms with Crippen LogP contribution in [0.15, 0.2) is 180 Å². The van der Waals surface area contributed by atoms with Crippen LogP contribution in [-0.2, 0) is 0 Å². The number of nitrogens with zero attached hydrogens (tertiary/aromatic N) is 5. The van der Waals surface area contributed by atoms with Crippen molar-refractivity contribution in [3.63, 3.8) is 0 Å². The van der Waals surface area contributed by atoms with Crippen molar-refractivity contribution in [2.75, 3.05) is 0 Å². The molecule has 0 bridgehead atoms. The number of rotatable bonds is 5. The van der Waals surface area contributed by atoms with Gasteiger partial charge in [0.2, 0.25) is 5.71 Å². The highest BCUT2D eigenvalue weighted by molar-refractivity contribution is 6.20. The van der Waals surface area contributed by atoms with Crippen LogP contribution in [-0.4, -0.2) is 24.5 Å². The Morgan fingerprint density at radius 2 is 0.815 bits per heavy atom. The molecule has 0 N–H and O–H groups in total. The molecule has 11 aromatic rings. The molecule has 6 heteroatoms. The van der Waals surface area contributed by atoms with Crippen LogP contribution >= 0.6 is 0 Å². The molecular weight excluding hydrogens is 663 g/mol. The lowest BCUT2D eigenvalue weighted by Gasteiger charge is -2.11. The Bertz CT molecular complexity index is 3150. The fourth-order valence-corrected chi connectivity index (χ4v) is 7.75. The molecule has 54 heavy (non-hydrogen) atoms. The molecule has 6 nitrogen and oxygen atoms in total. The molecule has 0 radical (unpaired) electrons. The van der Waals surface area contributed by atoms with E-state index in [-0.39, 0.29) is 0 Å². The van der Waals surface area contributed by atoms with E-state index in [1.807, 2.05) is 48.5 Å². The Morgan fingerprint density at radius 3 is 1.44 bits per heavy atom. The van der Waals surface area contributed by atoms with E-state index < -0.39 is 0 Å². The summed E-state index contributed by atoms with van der Waals surface area (Å²) < 4.78 is 8.57. The molecule has 11 rings (SSSR count). The summed E-state index contributed by atoms with van der Waals surface area (Å²) in [7, 11) is 0. The molecule has 0 fully saturated rings. The molecule has 0 saturated heterocycles. The fourth-order valence-electron chi connectivity index (χ4n) is 7.75. The lowest BCUT2D eigenvalue weighted by atomic mass is 10.00. The molecular formula is C48H29N5O. The van der Waals surface area contributed by atoms with Crippen LogP contribution in [0.4, 0.5) is 0 Å². The number of hydrogen-bond acceptors (Lipinski definition) is 5. The average Bonchev–Trinajstić information content (AvgIpc) is 3.80. The molecule has 0 atom stereocenters. The maximum atomic E-state index is 6.25. The summed E-state index contributed by atoms with van der Waals surface area (Å²) in [6.45, 7) is 0. The smallest absolute Gasteiger partial charge is 0.228 e. The molecule has 4 aromatic heterocycles. The maximum absolute atomic E-state index is 6.25. The molecule has 0 aliphatic rings. The zero-order valence-corrected chi connectivity index (χ0v) is 28.9. The van der Waals surface area contributed by atoms with E-state index in [1.165, 1.54) is 21.8 Å². The molecule has 0 saturated carbocycles. The Labute approximate surface area is 309 Å². The van der Waals surface area contributed by atoms with Crippen molar-refractivity contribution in [2.45, 2.75) is 0 Å². The number of pyridine rings is 1. The van der Waals surface area contributed by atoms with Crippen molar-refractivity contribution in [1.29, 1.82) is 0 Å². The third-order valence-corrected chi connectivity index (χ3v) is 10.3. The molecule has 0 spiro atoms. The monoisotopic (exact) mass is 691 g/mol. The second-order valence-corrected chi connectivity index (χ2v) is 13.5. The first kappa shape index (κ1) is 30.2. The highest BCUT2D eigenvalue weighted by atomic mass is 16.3. The van der Waals surface area contributed by atoms with Gasteiger partial charge in [0, 0.05) is 49.5 Å². The molecule has 0 aliphatic heterocycles. The largest absolute Gasteiger partial charge is 0.438 e. The van der Waals surface area contributed by atoms with E-state index in [4.69, 9.17) is 24.4 Å². The number of aromatic nitrogens is 5. The van der Waals surface area contributed by atoms with Gasteiger partial charge in [0.1, 0.15) is 5.58 Å². The molecule has 7 aromatic carbocycles. The van der Waals surface area contributed by atoms with Crippen molar-refractivity contribution in [3.05, 3.63) is 176 Å². The van der Waals surface area contributed by atoms with Crippen LogP contribution in [0.3, 0.4) is 0 Å². The van der Waals surface area contributed by atoms with E-state index in [0.29, 0.717) is 23.2 Å². The van der Waals surface area contributed by atoms with Gasteiger partial charge in [0.15, 0.2) is 17.5 Å². The zero-order chi connectivity index (χ0) is 35.6. The van der Waals surface area contributed by atoms with Crippen LogP contribution in [0, 0.1) is 0 Å². The second kappa shape index (κ2) is 12.1. The summed E-state index contributed by atoms with van der Waals surface area (Å²) >= 11 is 0. The SMILES string of the molecule is c1ccc(-c2nc(-c3ccc(-c4nc5oc6ccccc6c5c5ccccc45)cc3)nc(-c3ccc(-n4c5ccccc5c5ccccc54)cc3)n2)cc1.